The van der Waals surface area contributed by atoms with E-state index in [0.717, 1.165) is 5.69 Å². The predicted octanol–water partition coefficient (Wildman–Crippen LogP) is 2.28. The van der Waals surface area contributed by atoms with Crippen LogP contribution in [0.1, 0.15) is 11.1 Å². The Kier molecular flexibility index (Phi) is 2.74. The van der Waals surface area contributed by atoms with Crippen LogP contribution in [0.5, 0.6) is 0 Å². The molecular formula is C10H14N2O2. The predicted molar refractivity (Wildman–Crippen MR) is 56.9 cm³/mol. The van der Waals surface area contributed by atoms with Crippen molar-refractivity contribution in [3.63, 3.8) is 0 Å². The lowest BCUT2D eigenvalue weighted by atomic mass is 10.1. The summed E-state index contributed by atoms with van der Waals surface area (Å²) < 4.78 is 0. The van der Waals surface area contributed by atoms with Crippen molar-refractivity contribution in [1.82, 2.24) is 0 Å². The second-order valence-corrected chi connectivity index (χ2v) is 3.58. The second kappa shape index (κ2) is 3.65. The van der Waals surface area contributed by atoms with Crippen LogP contribution in [0.4, 0.5) is 11.4 Å². The molecule has 4 heteroatoms. The van der Waals surface area contributed by atoms with Crippen LogP contribution in [-0.4, -0.2) is 19.0 Å². The van der Waals surface area contributed by atoms with Gasteiger partial charge in [-0.1, -0.05) is 0 Å². The Labute approximate surface area is 83.3 Å². The molecule has 0 radical (unpaired) electrons. The molecule has 0 amide bonds. The summed E-state index contributed by atoms with van der Waals surface area (Å²) in [5.41, 5.74) is 2.62. The quantitative estimate of drug-likeness (QED) is 0.536. The van der Waals surface area contributed by atoms with E-state index in [1.807, 2.05) is 31.1 Å². The van der Waals surface area contributed by atoms with Gasteiger partial charge in [0.15, 0.2) is 0 Å². The van der Waals surface area contributed by atoms with Crippen molar-refractivity contribution in [2.45, 2.75) is 13.8 Å². The van der Waals surface area contributed by atoms with E-state index in [9.17, 15) is 10.1 Å². The molecule has 1 rings (SSSR count). The Morgan fingerprint density at radius 2 is 1.64 bits per heavy atom. The molecular weight excluding hydrogens is 180 g/mol. The maximum absolute atomic E-state index is 10.7. The average molecular weight is 194 g/mol. The highest BCUT2D eigenvalue weighted by atomic mass is 16.6. The fraction of sp³-hybridized carbons (Fsp3) is 0.400. The maximum atomic E-state index is 10.7. The SMILES string of the molecule is Cc1cc(N(C)C)cc(C)c1[N+](=O)[O-]. The number of nitro groups is 1. The molecule has 0 saturated heterocycles. The Morgan fingerprint density at radius 3 is 1.93 bits per heavy atom. The minimum atomic E-state index is -0.329. The summed E-state index contributed by atoms with van der Waals surface area (Å²) in [5.74, 6) is 0. The Bertz CT molecular complexity index is 349. The van der Waals surface area contributed by atoms with E-state index in [0.29, 0.717) is 11.1 Å². The number of nitrogens with zero attached hydrogens (tertiary/aromatic N) is 2. The molecule has 0 aliphatic rings. The lowest BCUT2D eigenvalue weighted by Crippen LogP contribution is -2.09. The van der Waals surface area contributed by atoms with E-state index in [-0.39, 0.29) is 10.6 Å². The van der Waals surface area contributed by atoms with Gasteiger partial charge in [-0.05, 0) is 26.0 Å². The first kappa shape index (κ1) is 10.5. The number of hydrogen-bond acceptors (Lipinski definition) is 3. The van der Waals surface area contributed by atoms with Crippen molar-refractivity contribution < 1.29 is 4.92 Å². The first-order chi connectivity index (χ1) is 6.43. The molecule has 4 nitrogen and oxygen atoms in total. The molecule has 0 saturated carbocycles. The number of nitro benzene ring substituents is 1. The summed E-state index contributed by atoms with van der Waals surface area (Å²) >= 11 is 0. The van der Waals surface area contributed by atoms with Crippen molar-refractivity contribution in [1.29, 1.82) is 0 Å². The summed E-state index contributed by atoms with van der Waals surface area (Å²) in [6.07, 6.45) is 0. The average Bonchev–Trinajstić information content (AvgIpc) is 2.01. The number of rotatable bonds is 2. The summed E-state index contributed by atoms with van der Waals surface area (Å²) in [5, 5.41) is 10.7. The van der Waals surface area contributed by atoms with Crippen LogP contribution in [0.25, 0.3) is 0 Å². The molecule has 0 fully saturated rings. The maximum Gasteiger partial charge on any atom is 0.275 e. The smallest absolute Gasteiger partial charge is 0.275 e. The van der Waals surface area contributed by atoms with Crippen LogP contribution < -0.4 is 4.90 Å². The van der Waals surface area contributed by atoms with E-state index >= 15 is 0 Å². The zero-order chi connectivity index (χ0) is 10.9. The van der Waals surface area contributed by atoms with Gasteiger partial charge in [-0.3, -0.25) is 10.1 Å². The van der Waals surface area contributed by atoms with Crippen LogP contribution in [0.15, 0.2) is 12.1 Å². The van der Waals surface area contributed by atoms with Gasteiger partial charge in [-0.15, -0.1) is 0 Å². The van der Waals surface area contributed by atoms with Crippen LogP contribution in [0.2, 0.25) is 0 Å². The highest BCUT2D eigenvalue weighted by Crippen LogP contribution is 2.27. The zero-order valence-electron chi connectivity index (χ0n) is 8.87. The zero-order valence-corrected chi connectivity index (χ0v) is 8.87. The number of anilines is 1. The molecule has 0 heterocycles. The standard InChI is InChI=1S/C10H14N2O2/c1-7-5-9(11(3)4)6-8(2)10(7)12(13)14/h5-6H,1-4H3. The summed E-state index contributed by atoms with van der Waals surface area (Å²) in [6.45, 7) is 3.52. The molecule has 0 spiro atoms. The van der Waals surface area contributed by atoms with Gasteiger partial charge in [0, 0.05) is 30.9 Å². The van der Waals surface area contributed by atoms with Crippen molar-refractivity contribution >= 4 is 11.4 Å². The third-order valence-corrected chi connectivity index (χ3v) is 2.17. The summed E-state index contributed by atoms with van der Waals surface area (Å²) in [6, 6.07) is 3.65. The second-order valence-electron chi connectivity index (χ2n) is 3.58. The molecule has 0 aromatic heterocycles. The molecule has 0 bridgehead atoms. The lowest BCUT2D eigenvalue weighted by Gasteiger charge is -2.14. The Hall–Kier alpha value is -1.58. The van der Waals surface area contributed by atoms with E-state index in [2.05, 4.69) is 0 Å². The van der Waals surface area contributed by atoms with E-state index < -0.39 is 0 Å². The van der Waals surface area contributed by atoms with Crippen LogP contribution >= 0.6 is 0 Å². The molecule has 0 aliphatic heterocycles. The molecule has 0 aliphatic carbocycles. The molecule has 0 atom stereocenters. The summed E-state index contributed by atoms with van der Waals surface area (Å²) in [7, 11) is 3.83. The Morgan fingerprint density at radius 1 is 1.21 bits per heavy atom. The van der Waals surface area contributed by atoms with Crippen molar-refractivity contribution in [3.05, 3.63) is 33.4 Å². The van der Waals surface area contributed by atoms with Gasteiger partial charge in [0.25, 0.3) is 5.69 Å². The molecule has 76 valence electrons. The van der Waals surface area contributed by atoms with E-state index in [1.165, 1.54) is 0 Å². The van der Waals surface area contributed by atoms with Gasteiger partial charge in [0.1, 0.15) is 0 Å². The third-order valence-electron chi connectivity index (χ3n) is 2.17. The van der Waals surface area contributed by atoms with Gasteiger partial charge in [0.05, 0.1) is 4.92 Å². The number of aryl methyl sites for hydroxylation is 2. The van der Waals surface area contributed by atoms with Gasteiger partial charge >= 0.3 is 0 Å². The van der Waals surface area contributed by atoms with Gasteiger partial charge in [0.2, 0.25) is 0 Å². The fourth-order valence-electron chi connectivity index (χ4n) is 1.48. The van der Waals surface area contributed by atoms with Crippen molar-refractivity contribution in [2.24, 2.45) is 0 Å². The first-order valence-corrected chi connectivity index (χ1v) is 4.36. The van der Waals surface area contributed by atoms with Crippen molar-refractivity contribution in [3.8, 4) is 0 Å². The van der Waals surface area contributed by atoms with Gasteiger partial charge in [-0.25, -0.2) is 0 Å². The molecule has 0 N–H and O–H groups in total. The molecule has 1 aromatic carbocycles. The minimum absolute atomic E-state index is 0.218. The monoisotopic (exact) mass is 194 g/mol. The highest BCUT2D eigenvalue weighted by Gasteiger charge is 2.15. The lowest BCUT2D eigenvalue weighted by molar-refractivity contribution is -0.386. The van der Waals surface area contributed by atoms with E-state index in [4.69, 9.17) is 0 Å². The van der Waals surface area contributed by atoms with E-state index in [1.54, 1.807) is 13.8 Å². The minimum Gasteiger partial charge on any atom is -0.378 e. The van der Waals surface area contributed by atoms with Crippen LogP contribution in [-0.2, 0) is 0 Å². The van der Waals surface area contributed by atoms with Gasteiger partial charge < -0.3 is 4.90 Å². The normalized spacial score (nSPS) is 10.0. The molecule has 14 heavy (non-hydrogen) atoms. The number of benzene rings is 1. The molecule has 0 unspecified atom stereocenters. The number of hydrogen-bond donors (Lipinski definition) is 0. The van der Waals surface area contributed by atoms with Crippen LogP contribution in [0.3, 0.4) is 0 Å². The summed E-state index contributed by atoms with van der Waals surface area (Å²) in [4.78, 5) is 12.3. The Balaban J connectivity index is 3.32. The highest BCUT2D eigenvalue weighted by molar-refractivity contribution is 5.58. The van der Waals surface area contributed by atoms with Crippen molar-refractivity contribution in [2.75, 3.05) is 19.0 Å². The first-order valence-electron chi connectivity index (χ1n) is 4.36. The van der Waals surface area contributed by atoms with Crippen LogP contribution in [0, 0.1) is 24.0 Å². The largest absolute Gasteiger partial charge is 0.378 e. The third kappa shape index (κ3) is 1.84. The molecule has 1 aromatic rings. The topological polar surface area (TPSA) is 46.4 Å². The fourth-order valence-corrected chi connectivity index (χ4v) is 1.48. The van der Waals surface area contributed by atoms with Gasteiger partial charge in [-0.2, -0.15) is 0 Å².